The summed E-state index contributed by atoms with van der Waals surface area (Å²) < 4.78 is 25.5. The molecule has 4 nitrogen and oxygen atoms in total. The van der Waals surface area contributed by atoms with Crippen molar-refractivity contribution >= 4 is 11.3 Å². The van der Waals surface area contributed by atoms with Gasteiger partial charge in [-0.1, -0.05) is 12.1 Å². The van der Waals surface area contributed by atoms with E-state index >= 15 is 0 Å². The van der Waals surface area contributed by atoms with Crippen LogP contribution >= 0.6 is 11.3 Å². The highest BCUT2D eigenvalue weighted by molar-refractivity contribution is 7.15. The Morgan fingerprint density at radius 1 is 1.23 bits per heavy atom. The van der Waals surface area contributed by atoms with E-state index in [0.29, 0.717) is 31.4 Å². The summed E-state index contributed by atoms with van der Waals surface area (Å²) >= 11 is 1.63. The van der Waals surface area contributed by atoms with Crippen LogP contribution in [0, 0.1) is 17.1 Å². The van der Waals surface area contributed by atoms with Gasteiger partial charge < -0.3 is 14.6 Å². The number of nitriles is 1. The fourth-order valence-electron chi connectivity index (χ4n) is 4.58. The maximum Gasteiger partial charge on any atom is 0.198 e. The largest absolute Gasteiger partial charge is 0.393 e. The van der Waals surface area contributed by atoms with Crippen molar-refractivity contribution in [2.24, 2.45) is 0 Å². The number of aliphatic hydroxyl groups excluding tert-OH is 1. The monoisotopic (exact) mass is 435 g/mol. The lowest BCUT2D eigenvalue weighted by Gasteiger charge is -2.39. The number of rotatable bonds is 3. The molecule has 3 heterocycles. The van der Waals surface area contributed by atoms with Crippen molar-refractivity contribution in [3.63, 3.8) is 0 Å². The quantitative estimate of drug-likeness (QED) is 0.610. The highest BCUT2D eigenvalue weighted by Gasteiger charge is 2.47. The molecule has 1 aromatic heterocycles. The second-order valence-corrected chi connectivity index (χ2v) is 9.46. The first-order valence-corrected chi connectivity index (χ1v) is 11.2. The van der Waals surface area contributed by atoms with Crippen LogP contribution in [0.15, 0.2) is 48.5 Å². The predicted molar refractivity (Wildman–Crippen MR) is 116 cm³/mol. The van der Waals surface area contributed by atoms with Gasteiger partial charge in [0.25, 0.3) is 0 Å². The van der Waals surface area contributed by atoms with Crippen LogP contribution in [-0.2, 0) is 28.3 Å². The number of ether oxygens (including phenoxy) is 2. The minimum Gasteiger partial charge on any atom is -0.393 e. The predicted octanol–water partition coefficient (Wildman–Crippen LogP) is 5.26. The maximum atomic E-state index is 13.2. The zero-order valence-corrected chi connectivity index (χ0v) is 17.9. The molecule has 2 aliphatic heterocycles. The first-order valence-electron chi connectivity index (χ1n) is 10.4. The second kappa shape index (κ2) is 7.85. The molecule has 1 fully saturated rings. The Morgan fingerprint density at radius 2 is 2.03 bits per heavy atom. The zero-order chi connectivity index (χ0) is 21.6. The lowest BCUT2D eigenvalue weighted by molar-refractivity contribution is -0.295. The molecular formula is C25H22FNO3S. The number of benzene rings is 2. The van der Waals surface area contributed by atoms with Gasteiger partial charge in [0.15, 0.2) is 5.79 Å². The van der Waals surface area contributed by atoms with Crippen molar-refractivity contribution in [2.45, 2.75) is 50.8 Å². The molecule has 1 saturated heterocycles. The van der Waals surface area contributed by atoms with Crippen LogP contribution in [0.5, 0.6) is 0 Å². The summed E-state index contributed by atoms with van der Waals surface area (Å²) in [5, 5.41) is 20.1. The Morgan fingerprint density at radius 3 is 2.77 bits per heavy atom. The Balaban J connectivity index is 1.47. The van der Waals surface area contributed by atoms with Crippen molar-refractivity contribution < 1.29 is 19.0 Å². The fourth-order valence-corrected chi connectivity index (χ4v) is 5.62. The van der Waals surface area contributed by atoms with Crippen LogP contribution in [0.2, 0.25) is 0 Å². The van der Waals surface area contributed by atoms with E-state index in [1.807, 2.05) is 31.2 Å². The van der Waals surface area contributed by atoms with Gasteiger partial charge in [-0.3, -0.25) is 0 Å². The molecule has 31 heavy (non-hydrogen) atoms. The molecule has 0 radical (unpaired) electrons. The second-order valence-electron chi connectivity index (χ2n) is 8.29. The molecule has 0 amide bonds. The molecule has 5 rings (SSSR count). The average molecular weight is 436 g/mol. The van der Waals surface area contributed by atoms with Crippen molar-refractivity contribution in [1.29, 1.82) is 5.26 Å². The van der Waals surface area contributed by atoms with Gasteiger partial charge in [0.2, 0.25) is 0 Å². The van der Waals surface area contributed by atoms with Gasteiger partial charge in [-0.05, 0) is 66.4 Å². The van der Waals surface area contributed by atoms with Gasteiger partial charge in [-0.15, -0.1) is 11.3 Å². The summed E-state index contributed by atoms with van der Waals surface area (Å²) in [6, 6.07) is 16.8. The standard InChI is InChI=1S/C25H22FNO3S/c1-15-8-21(28)12-25(30-15)23-11-17(18(13-27)9-19(23)14-29-25)10-22-6-7-24(31-22)16-2-4-20(26)5-3-16/h2-7,9,11,15,21,28H,8,10,12,14H2,1H3/t15?,21?,25-/m1/s1. The highest BCUT2D eigenvalue weighted by Crippen LogP contribution is 2.46. The van der Waals surface area contributed by atoms with E-state index < -0.39 is 11.9 Å². The van der Waals surface area contributed by atoms with Crippen LogP contribution < -0.4 is 0 Å². The van der Waals surface area contributed by atoms with Gasteiger partial charge in [-0.2, -0.15) is 5.26 Å². The maximum absolute atomic E-state index is 13.2. The van der Waals surface area contributed by atoms with E-state index in [2.05, 4.69) is 6.07 Å². The first kappa shape index (κ1) is 20.3. The molecule has 0 aliphatic carbocycles. The van der Waals surface area contributed by atoms with Gasteiger partial charge in [0.1, 0.15) is 5.82 Å². The number of aliphatic hydroxyl groups is 1. The molecule has 1 spiro atoms. The third-order valence-corrected chi connectivity index (χ3v) is 7.11. The fraction of sp³-hybridized carbons (Fsp3) is 0.320. The Labute approximate surface area is 184 Å². The molecule has 0 saturated carbocycles. The van der Waals surface area contributed by atoms with Crippen LogP contribution in [-0.4, -0.2) is 17.3 Å². The van der Waals surface area contributed by atoms with E-state index in [-0.39, 0.29) is 11.9 Å². The SMILES string of the molecule is CC1CC(O)C[C@@]2(OCc3cc(C#N)c(Cc4ccc(-c5ccc(F)cc5)s4)cc32)O1. The van der Waals surface area contributed by atoms with E-state index in [4.69, 9.17) is 9.47 Å². The number of fused-ring (bicyclic) bond motifs is 2. The van der Waals surface area contributed by atoms with Crippen molar-refractivity contribution in [1.82, 2.24) is 0 Å². The summed E-state index contributed by atoms with van der Waals surface area (Å²) in [4.78, 5) is 2.17. The van der Waals surface area contributed by atoms with Crippen LogP contribution in [0.25, 0.3) is 10.4 Å². The molecule has 0 bridgehead atoms. The first-order chi connectivity index (χ1) is 15.0. The number of hydrogen-bond acceptors (Lipinski definition) is 5. The molecule has 3 aromatic rings. The average Bonchev–Trinajstić information content (AvgIpc) is 3.33. The van der Waals surface area contributed by atoms with Gasteiger partial charge in [0.05, 0.1) is 30.4 Å². The minimum absolute atomic E-state index is 0.107. The molecule has 6 heteroatoms. The number of halogens is 1. The van der Waals surface area contributed by atoms with E-state index in [9.17, 15) is 14.8 Å². The molecule has 1 N–H and O–H groups in total. The zero-order valence-electron chi connectivity index (χ0n) is 17.1. The summed E-state index contributed by atoms with van der Waals surface area (Å²) in [6.45, 7) is 2.32. The molecule has 3 atom stereocenters. The van der Waals surface area contributed by atoms with E-state index in [1.165, 1.54) is 12.1 Å². The lowest BCUT2D eigenvalue weighted by atomic mass is 9.89. The Kier molecular flexibility index (Phi) is 5.15. The van der Waals surface area contributed by atoms with Gasteiger partial charge in [0, 0.05) is 28.2 Å². The minimum atomic E-state index is -0.941. The summed E-state index contributed by atoms with van der Waals surface area (Å²) in [6.07, 6.45) is 0.999. The molecular weight excluding hydrogens is 413 g/mol. The summed E-state index contributed by atoms with van der Waals surface area (Å²) in [5.74, 6) is -1.19. The van der Waals surface area contributed by atoms with Crippen molar-refractivity contribution in [3.8, 4) is 16.5 Å². The third-order valence-electron chi connectivity index (χ3n) is 5.98. The lowest BCUT2D eigenvalue weighted by Crippen LogP contribution is -2.43. The number of nitrogens with zero attached hydrogens (tertiary/aromatic N) is 1. The van der Waals surface area contributed by atoms with Crippen molar-refractivity contribution in [3.05, 3.63) is 81.5 Å². The molecule has 2 unspecified atom stereocenters. The van der Waals surface area contributed by atoms with Crippen LogP contribution in [0.3, 0.4) is 0 Å². The summed E-state index contributed by atoms with van der Waals surface area (Å²) in [7, 11) is 0. The van der Waals surface area contributed by atoms with Gasteiger partial charge >= 0.3 is 0 Å². The Bertz CT molecular complexity index is 1150. The van der Waals surface area contributed by atoms with Crippen molar-refractivity contribution in [2.75, 3.05) is 0 Å². The smallest absolute Gasteiger partial charge is 0.198 e. The Hall–Kier alpha value is -2.56. The van der Waals surface area contributed by atoms with Crippen LogP contribution in [0.1, 0.15) is 46.9 Å². The van der Waals surface area contributed by atoms with E-state index in [1.54, 1.807) is 23.5 Å². The highest BCUT2D eigenvalue weighted by atomic mass is 32.1. The van der Waals surface area contributed by atoms with Crippen LogP contribution in [0.4, 0.5) is 4.39 Å². The topological polar surface area (TPSA) is 62.5 Å². The number of thiophene rings is 1. The molecule has 2 aliphatic rings. The van der Waals surface area contributed by atoms with E-state index in [0.717, 1.165) is 32.0 Å². The summed E-state index contributed by atoms with van der Waals surface area (Å²) in [5.41, 5.74) is 4.37. The normalized spacial score (nSPS) is 24.8. The number of hydrogen-bond donors (Lipinski definition) is 1. The van der Waals surface area contributed by atoms with Gasteiger partial charge in [-0.25, -0.2) is 4.39 Å². The molecule has 2 aromatic carbocycles. The third kappa shape index (κ3) is 3.79. The molecule has 158 valence electrons.